The van der Waals surface area contributed by atoms with Crippen LogP contribution in [0, 0.1) is 5.92 Å². The first kappa shape index (κ1) is 18.0. The highest BCUT2D eigenvalue weighted by Gasteiger charge is 2.19. The molecule has 1 aromatic carbocycles. The van der Waals surface area contributed by atoms with E-state index in [4.69, 9.17) is 10.5 Å². The van der Waals surface area contributed by atoms with E-state index in [0.29, 0.717) is 37.1 Å². The molecule has 6 nitrogen and oxygen atoms in total. The van der Waals surface area contributed by atoms with Crippen molar-refractivity contribution in [3.05, 3.63) is 42.2 Å². The van der Waals surface area contributed by atoms with Gasteiger partial charge in [-0.25, -0.2) is 4.68 Å². The van der Waals surface area contributed by atoms with Crippen LogP contribution in [0.25, 0.3) is 5.69 Å². The third-order valence-corrected chi connectivity index (χ3v) is 3.41. The minimum absolute atomic E-state index is 0.222. The van der Waals surface area contributed by atoms with E-state index in [0.717, 1.165) is 18.5 Å². The molecule has 0 aliphatic rings. The Kier molecular flexibility index (Phi) is 6.81. The van der Waals surface area contributed by atoms with Crippen LogP contribution in [0.3, 0.4) is 0 Å². The molecule has 0 unspecified atom stereocenters. The molecule has 2 rings (SSSR count). The maximum atomic E-state index is 12.4. The van der Waals surface area contributed by atoms with E-state index >= 15 is 0 Å². The van der Waals surface area contributed by atoms with Gasteiger partial charge in [0.1, 0.15) is 0 Å². The third-order valence-electron chi connectivity index (χ3n) is 3.41. The predicted octanol–water partition coefficient (Wildman–Crippen LogP) is 2.38. The SMILES string of the molecule is CC(C)COc1cn(-c2ccccc2)nc1C(=O)NCCCCN. The van der Waals surface area contributed by atoms with Crippen molar-refractivity contribution in [2.24, 2.45) is 11.7 Å². The zero-order chi connectivity index (χ0) is 17.4. The summed E-state index contributed by atoms with van der Waals surface area (Å²) < 4.78 is 7.46. The predicted molar refractivity (Wildman–Crippen MR) is 94.5 cm³/mol. The van der Waals surface area contributed by atoms with E-state index < -0.39 is 0 Å². The van der Waals surface area contributed by atoms with Gasteiger partial charge in [0.2, 0.25) is 0 Å². The molecule has 1 heterocycles. The van der Waals surface area contributed by atoms with Gasteiger partial charge >= 0.3 is 0 Å². The van der Waals surface area contributed by atoms with Crippen LogP contribution in [0.15, 0.2) is 36.5 Å². The number of carbonyl (C=O) groups excluding carboxylic acids is 1. The molecule has 0 bridgehead atoms. The number of carbonyl (C=O) groups is 1. The molecule has 130 valence electrons. The van der Waals surface area contributed by atoms with Crippen molar-refractivity contribution in [2.45, 2.75) is 26.7 Å². The molecular weight excluding hydrogens is 304 g/mol. The fraction of sp³-hybridized carbons (Fsp3) is 0.444. The maximum absolute atomic E-state index is 12.4. The lowest BCUT2D eigenvalue weighted by molar-refractivity contribution is 0.0943. The molecule has 0 aliphatic carbocycles. The summed E-state index contributed by atoms with van der Waals surface area (Å²) in [6.45, 7) is 5.87. The van der Waals surface area contributed by atoms with Crippen LogP contribution in [-0.4, -0.2) is 35.4 Å². The summed E-state index contributed by atoms with van der Waals surface area (Å²) >= 11 is 0. The highest BCUT2D eigenvalue weighted by Crippen LogP contribution is 2.20. The molecule has 1 aromatic heterocycles. The maximum Gasteiger partial charge on any atom is 0.275 e. The summed E-state index contributed by atoms with van der Waals surface area (Å²) in [5.41, 5.74) is 6.66. The normalized spacial score (nSPS) is 10.8. The Morgan fingerprint density at radius 2 is 2.04 bits per heavy atom. The van der Waals surface area contributed by atoms with Crippen LogP contribution in [0.4, 0.5) is 0 Å². The Morgan fingerprint density at radius 3 is 2.71 bits per heavy atom. The number of amides is 1. The van der Waals surface area contributed by atoms with Gasteiger partial charge in [-0.2, -0.15) is 5.10 Å². The Bertz CT molecular complexity index is 638. The van der Waals surface area contributed by atoms with Crippen molar-refractivity contribution in [3.8, 4) is 11.4 Å². The Morgan fingerprint density at radius 1 is 1.29 bits per heavy atom. The second-order valence-electron chi connectivity index (χ2n) is 6.08. The summed E-state index contributed by atoms with van der Waals surface area (Å²) in [5.74, 6) is 0.648. The molecule has 0 spiro atoms. The van der Waals surface area contributed by atoms with E-state index in [1.807, 2.05) is 30.3 Å². The number of nitrogens with zero attached hydrogens (tertiary/aromatic N) is 2. The van der Waals surface area contributed by atoms with Crippen LogP contribution < -0.4 is 15.8 Å². The van der Waals surface area contributed by atoms with Crippen molar-refractivity contribution in [1.29, 1.82) is 0 Å². The van der Waals surface area contributed by atoms with E-state index in [9.17, 15) is 4.79 Å². The van der Waals surface area contributed by atoms with Crippen LogP contribution in [-0.2, 0) is 0 Å². The van der Waals surface area contributed by atoms with Gasteiger partial charge < -0.3 is 15.8 Å². The Labute approximate surface area is 143 Å². The van der Waals surface area contributed by atoms with Crippen LogP contribution in [0.5, 0.6) is 5.75 Å². The second kappa shape index (κ2) is 9.08. The fourth-order valence-electron chi connectivity index (χ4n) is 2.15. The molecule has 0 saturated heterocycles. The molecule has 0 atom stereocenters. The second-order valence-corrected chi connectivity index (χ2v) is 6.08. The number of aromatic nitrogens is 2. The Hall–Kier alpha value is -2.34. The van der Waals surface area contributed by atoms with E-state index in [2.05, 4.69) is 24.3 Å². The largest absolute Gasteiger partial charge is 0.489 e. The van der Waals surface area contributed by atoms with Gasteiger partial charge in [0.05, 0.1) is 18.5 Å². The molecule has 2 aromatic rings. The van der Waals surface area contributed by atoms with Gasteiger partial charge in [-0.15, -0.1) is 0 Å². The average molecular weight is 330 g/mol. The fourth-order valence-corrected chi connectivity index (χ4v) is 2.15. The van der Waals surface area contributed by atoms with Gasteiger partial charge in [0.25, 0.3) is 5.91 Å². The van der Waals surface area contributed by atoms with E-state index in [-0.39, 0.29) is 5.91 Å². The van der Waals surface area contributed by atoms with Gasteiger partial charge in [0, 0.05) is 6.54 Å². The number of nitrogens with two attached hydrogens (primary N) is 1. The van der Waals surface area contributed by atoms with Crippen LogP contribution in [0.1, 0.15) is 37.2 Å². The number of hydrogen-bond acceptors (Lipinski definition) is 4. The summed E-state index contributed by atoms with van der Waals surface area (Å²) in [6, 6.07) is 9.66. The number of ether oxygens (including phenoxy) is 1. The lowest BCUT2D eigenvalue weighted by Crippen LogP contribution is -2.26. The third kappa shape index (κ3) is 5.09. The molecule has 0 aliphatic heterocycles. The molecule has 0 fully saturated rings. The number of hydrogen-bond donors (Lipinski definition) is 2. The number of unbranched alkanes of at least 4 members (excludes halogenated alkanes) is 1. The molecule has 1 amide bonds. The van der Waals surface area contributed by atoms with Crippen molar-refractivity contribution in [1.82, 2.24) is 15.1 Å². The molecule has 3 N–H and O–H groups in total. The van der Waals surface area contributed by atoms with Crippen molar-refractivity contribution in [3.63, 3.8) is 0 Å². The van der Waals surface area contributed by atoms with Crippen molar-refractivity contribution >= 4 is 5.91 Å². The molecule has 0 saturated carbocycles. The van der Waals surface area contributed by atoms with Gasteiger partial charge in [-0.1, -0.05) is 32.0 Å². The summed E-state index contributed by atoms with van der Waals surface area (Å²) in [6.07, 6.45) is 3.49. The number of benzene rings is 1. The highest BCUT2D eigenvalue weighted by molar-refractivity contribution is 5.94. The van der Waals surface area contributed by atoms with Crippen molar-refractivity contribution in [2.75, 3.05) is 19.7 Å². The van der Waals surface area contributed by atoms with Gasteiger partial charge in [-0.3, -0.25) is 4.79 Å². The zero-order valence-electron chi connectivity index (χ0n) is 14.4. The first-order valence-corrected chi connectivity index (χ1v) is 8.38. The summed E-state index contributed by atoms with van der Waals surface area (Å²) in [4.78, 5) is 12.4. The smallest absolute Gasteiger partial charge is 0.275 e. The molecule has 0 radical (unpaired) electrons. The zero-order valence-corrected chi connectivity index (χ0v) is 14.4. The number of nitrogens with one attached hydrogen (secondary N) is 1. The topological polar surface area (TPSA) is 82.2 Å². The Balaban J connectivity index is 2.16. The summed E-state index contributed by atoms with van der Waals surface area (Å²) in [5, 5.41) is 7.29. The molecular formula is C18H26N4O2. The molecule has 24 heavy (non-hydrogen) atoms. The molecule has 6 heteroatoms. The lowest BCUT2D eigenvalue weighted by Gasteiger charge is -2.08. The van der Waals surface area contributed by atoms with Gasteiger partial charge in [-0.05, 0) is 37.4 Å². The highest BCUT2D eigenvalue weighted by atomic mass is 16.5. The monoisotopic (exact) mass is 330 g/mol. The summed E-state index contributed by atoms with van der Waals surface area (Å²) in [7, 11) is 0. The number of rotatable bonds is 9. The van der Waals surface area contributed by atoms with Crippen LogP contribution in [0.2, 0.25) is 0 Å². The minimum atomic E-state index is -0.222. The van der Waals surface area contributed by atoms with E-state index in [1.165, 1.54) is 0 Å². The standard InChI is InChI=1S/C18H26N4O2/c1-14(2)13-24-16-12-22(15-8-4-3-5-9-15)21-17(16)18(23)20-11-7-6-10-19/h3-5,8-9,12,14H,6-7,10-11,13,19H2,1-2H3,(H,20,23). The van der Waals surface area contributed by atoms with Gasteiger partial charge in [0.15, 0.2) is 11.4 Å². The van der Waals surface area contributed by atoms with Crippen LogP contribution >= 0.6 is 0 Å². The quantitative estimate of drug-likeness (QED) is 0.692. The minimum Gasteiger partial charge on any atom is -0.489 e. The average Bonchev–Trinajstić information content (AvgIpc) is 3.02. The lowest BCUT2D eigenvalue weighted by atomic mass is 10.2. The van der Waals surface area contributed by atoms with E-state index in [1.54, 1.807) is 10.9 Å². The first-order valence-electron chi connectivity index (χ1n) is 8.38. The number of para-hydroxylation sites is 1. The first-order chi connectivity index (χ1) is 11.6. The van der Waals surface area contributed by atoms with Crippen molar-refractivity contribution < 1.29 is 9.53 Å².